The van der Waals surface area contributed by atoms with Crippen LogP contribution in [0.4, 0.5) is 11.4 Å². The van der Waals surface area contributed by atoms with E-state index in [0.29, 0.717) is 23.5 Å². The van der Waals surface area contributed by atoms with Crippen LogP contribution in [0.1, 0.15) is 21.5 Å². The number of carbonyl (C=O) groups is 1. The van der Waals surface area contributed by atoms with E-state index < -0.39 is 26.6 Å². The van der Waals surface area contributed by atoms with E-state index in [1.165, 1.54) is 19.4 Å². The quantitative estimate of drug-likeness (QED) is 0.202. The zero-order valence-electron chi connectivity index (χ0n) is 17.9. The molecule has 0 atom stereocenters. The Labute approximate surface area is 195 Å². The Kier molecular flexibility index (Phi) is 7.56. The van der Waals surface area contributed by atoms with Gasteiger partial charge in [-0.25, -0.2) is 18.4 Å². The molecule has 3 N–H and O–H groups in total. The van der Waals surface area contributed by atoms with Gasteiger partial charge in [-0.15, -0.1) is 0 Å². The van der Waals surface area contributed by atoms with Crippen LogP contribution in [0.15, 0.2) is 76.7 Å². The Morgan fingerprint density at radius 3 is 2.38 bits per heavy atom. The number of hydrogen-bond acceptors (Lipinski definition) is 9. The van der Waals surface area contributed by atoms with E-state index in [2.05, 4.69) is 15.3 Å². The summed E-state index contributed by atoms with van der Waals surface area (Å²) >= 11 is 0. The minimum Gasteiger partial charge on any atom is -0.489 e. The number of hydrazone groups is 1. The second kappa shape index (κ2) is 10.6. The molecular formula is C22H20N4O7S. The SMILES string of the molecule is COC(=O)c1ccc(COc2ccc(/C=N\Nc3ccc(S(N)(=O)=O)cc3[N+](=O)[O-])cc2)cc1. The number of primary sulfonamides is 1. The standard InChI is InChI=1S/C22H20N4O7S/c1-32-22(27)17-6-2-16(3-7-17)14-33-18-8-4-15(5-9-18)13-24-25-20-11-10-19(34(23,30)31)12-21(20)26(28)29/h2-13,25H,14H2,1H3,(H2,23,30,31)/b24-13-. The molecule has 0 amide bonds. The number of nitrogens with zero attached hydrogens (tertiary/aromatic N) is 2. The molecule has 0 radical (unpaired) electrons. The van der Waals surface area contributed by atoms with Gasteiger partial charge in [0, 0.05) is 6.07 Å². The molecule has 3 rings (SSSR count). The fraction of sp³-hybridized carbons (Fsp3) is 0.0909. The van der Waals surface area contributed by atoms with E-state index in [1.807, 2.05) is 0 Å². The minimum atomic E-state index is -4.07. The van der Waals surface area contributed by atoms with Gasteiger partial charge in [0.2, 0.25) is 10.0 Å². The van der Waals surface area contributed by atoms with Crippen molar-refractivity contribution in [3.8, 4) is 5.75 Å². The van der Waals surface area contributed by atoms with Crippen molar-refractivity contribution in [3.63, 3.8) is 0 Å². The minimum absolute atomic E-state index is 0.00632. The van der Waals surface area contributed by atoms with E-state index in [0.717, 1.165) is 17.7 Å². The number of methoxy groups -OCH3 is 1. The number of nitro groups is 1. The van der Waals surface area contributed by atoms with Crippen LogP contribution in [-0.4, -0.2) is 32.6 Å². The maximum Gasteiger partial charge on any atom is 0.337 e. The van der Waals surface area contributed by atoms with Crippen LogP contribution in [-0.2, 0) is 21.4 Å². The van der Waals surface area contributed by atoms with Crippen LogP contribution in [0.2, 0.25) is 0 Å². The number of carbonyl (C=O) groups excluding carboxylic acids is 1. The lowest BCUT2D eigenvalue weighted by Crippen LogP contribution is -2.12. The molecule has 0 saturated heterocycles. The Morgan fingerprint density at radius 1 is 1.12 bits per heavy atom. The van der Waals surface area contributed by atoms with Crippen molar-refractivity contribution in [2.75, 3.05) is 12.5 Å². The number of sulfonamides is 1. The predicted octanol–water partition coefficient (Wildman–Crippen LogP) is 3.05. The first-order chi connectivity index (χ1) is 16.2. The highest BCUT2D eigenvalue weighted by Crippen LogP contribution is 2.27. The molecule has 11 nitrogen and oxygen atoms in total. The second-order valence-electron chi connectivity index (χ2n) is 6.90. The lowest BCUT2D eigenvalue weighted by molar-refractivity contribution is -0.384. The largest absolute Gasteiger partial charge is 0.489 e. The first kappa shape index (κ1) is 24.4. The number of rotatable bonds is 9. The van der Waals surface area contributed by atoms with Gasteiger partial charge in [0.1, 0.15) is 18.0 Å². The van der Waals surface area contributed by atoms with Crippen molar-refractivity contribution >= 4 is 33.6 Å². The van der Waals surface area contributed by atoms with Crippen molar-refractivity contribution in [1.82, 2.24) is 0 Å². The summed E-state index contributed by atoms with van der Waals surface area (Å²) < 4.78 is 33.2. The van der Waals surface area contributed by atoms with Gasteiger partial charge in [-0.1, -0.05) is 12.1 Å². The summed E-state index contributed by atoms with van der Waals surface area (Å²) in [5.74, 6) is 0.200. The van der Waals surface area contributed by atoms with E-state index in [9.17, 15) is 23.3 Å². The van der Waals surface area contributed by atoms with Gasteiger partial charge in [0.25, 0.3) is 5.69 Å². The van der Waals surface area contributed by atoms with Crippen LogP contribution < -0.4 is 15.3 Å². The van der Waals surface area contributed by atoms with Crippen LogP contribution in [0.5, 0.6) is 5.75 Å². The Bertz CT molecular complexity index is 1320. The summed E-state index contributed by atoms with van der Waals surface area (Å²) in [4.78, 5) is 21.6. The van der Waals surface area contributed by atoms with Crippen molar-refractivity contribution in [2.45, 2.75) is 11.5 Å². The van der Waals surface area contributed by atoms with Crippen LogP contribution in [0.3, 0.4) is 0 Å². The third kappa shape index (κ3) is 6.37. The van der Waals surface area contributed by atoms with Crippen molar-refractivity contribution < 1.29 is 27.6 Å². The highest BCUT2D eigenvalue weighted by molar-refractivity contribution is 7.89. The zero-order chi connectivity index (χ0) is 24.7. The van der Waals surface area contributed by atoms with Crippen LogP contribution in [0, 0.1) is 10.1 Å². The summed E-state index contributed by atoms with van der Waals surface area (Å²) in [6, 6.07) is 17.0. The molecule has 34 heavy (non-hydrogen) atoms. The molecule has 3 aromatic carbocycles. The molecule has 0 aliphatic carbocycles. The van der Waals surface area contributed by atoms with Gasteiger partial charge >= 0.3 is 5.97 Å². The smallest absolute Gasteiger partial charge is 0.337 e. The van der Waals surface area contributed by atoms with Crippen molar-refractivity contribution in [3.05, 3.63) is 93.5 Å². The maximum atomic E-state index is 11.5. The van der Waals surface area contributed by atoms with E-state index >= 15 is 0 Å². The molecular weight excluding hydrogens is 464 g/mol. The molecule has 0 heterocycles. The molecule has 0 spiro atoms. The van der Waals surface area contributed by atoms with E-state index in [4.69, 9.17) is 9.88 Å². The average Bonchev–Trinajstić information content (AvgIpc) is 2.82. The van der Waals surface area contributed by atoms with E-state index in [1.54, 1.807) is 48.5 Å². The lowest BCUT2D eigenvalue weighted by Gasteiger charge is -2.07. The number of benzene rings is 3. The number of esters is 1. The molecule has 0 fully saturated rings. The monoisotopic (exact) mass is 484 g/mol. The normalized spacial score (nSPS) is 11.2. The Morgan fingerprint density at radius 2 is 1.79 bits per heavy atom. The molecule has 3 aromatic rings. The summed E-state index contributed by atoms with van der Waals surface area (Å²) in [7, 11) is -2.75. The Hall–Kier alpha value is -4.29. The zero-order valence-corrected chi connectivity index (χ0v) is 18.7. The van der Waals surface area contributed by atoms with Crippen LogP contribution in [0.25, 0.3) is 0 Å². The summed E-state index contributed by atoms with van der Waals surface area (Å²) in [5, 5.41) is 20.2. The van der Waals surface area contributed by atoms with Gasteiger partial charge in [0.15, 0.2) is 0 Å². The maximum absolute atomic E-state index is 11.5. The van der Waals surface area contributed by atoms with Gasteiger partial charge in [-0.05, 0) is 59.7 Å². The number of nitro benzene ring substituents is 1. The van der Waals surface area contributed by atoms with E-state index in [-0.39, 0.29) is 10.6 Å². The summed E-state index contributed by atoms with van der Waals surface area (Å²) in [6.45, 7) is 0.300. The molecule has 0 aliphatic heterocycles. The van der Waals surface area contributed by atoms with Crippen molar-refractivity contribution in [1.29, 1.82) is 0 Å². The molecule has 0 aliphatic rings. The van der Waals surface area contributed by atoms with Gasteiger partial charge in [0.05, 0.1) is 28.7 Å². The lowest BCUT2D eigenvalue weighted by atomic mass is 10.1. The first-order valence-corrected chi connectivity index (χ1v) is 11.2. The number of ether oxygens (including phenoxy) is 2. The molecule has 0 saturated carbocycles. The topological polar surface area (TPSA) is 163 Å². The van der Waals surface area contributed by atoms with Gasteiger partial charge < -0.3 is 9.47 Å². The number of hydrogen-bond donors (Lipinski definition) is 2. The fourth-order valence-corrected chi connectivity index (χ4v) is 3.32. The summed E-state index contributed by atoms with van der Waals surface area (Å²) in [6.07, 6.45) is 1.44. The molecule has 0 unspecified atom stereocenters. The van der Waals surface area contributed by atoms with Crippen LogP contribution >= 0.6 is 0 Å². The Balaban J connectivity index is 1.60. The molecule has 0 bridgehead atoms. The van der Waals surface area contributed by atoms with Crippen molar-refractivity contribution in [2.24, 2.45) is 10.2 Å². The predicted molar refractivity (Wildman–Crippen MR) is 124 cm³/mol. The van der Waals surface area contributed by atoms with Gasteiger partial charge in [-0.2, -0.15) is 5.10 Å². The molecule has 176 valence electrons. The summed E-state index contributed by atoms with van der Waals surface area (Å²) in [5.41, 5.74) is 4.07. The number of nitrogens with one attached hydrogen (secondary N) is 1. The number of nitrogens with two attached hydrogens (primary N) is 1. The highest BCUT2D eigenvalue weighted by atomic mass is 32.2. The van der Waals surface area contributed by atoms with Gasteiger partial charge in [-0.3, -0.25) is 15.5 Å². The average molecular weight is 484 g/mol. The third-order valence-electron chi connectivity index (χ3n) is 4.55. The number of anilines is 1. The third-order valence-corrected chi connectivity index (χ3v) is 5.46. The molecule has 12 heteroatoms. The fourth-order valence-electron chi connectivity index (χ4n) is 2.78. The highest BCUT2D eigenvalue weighted by Gasteiger charge is 2.18. The molecule has 0 aromatic heterocycles. The second-order valence-corrected chi connectivity index (χ2v) is 8.46. The first-order valence-electron chi connectivity index (χ1n) is 9.68.